The molecule has 1 unspecified atom stereocenters. The van der Waals surface area contributed by atoms with Crippen molar-refractivity contribution >= 4 is 68.2 Å². The lowest BCUT2D eigenvalue weighted by Gasteiger charge is -2.35. The number of morpholine rings is 1. The van der Waals surface area contributed by atoms with Gasteiger partial charge in [-0.1, -0.05) is 35.9 Å². The van der Waals surface area contributed by atoms with Crippen molar-refractivity contribution in [2.75, 3.05) is 64.1 Å². The van der Waals surface area contributed by atoms with E-state index in [4.69, 9.17) is 21.1 Å². The van der Waals surface area contributed by atoms with E-state index in [2.05, 4.69) is 42.8 Å². The number of amides is 4. The molecule has 1 aromatic heterocycles. The molecule has 0 aliphatic carbocycles. The first-order chi connectivity index (χ1) is 30.1. The number of para-hydroxylation sites is 1. The summed E-state index contributed by atoms with van der Waals surface area (Å²) in [5.74, 6) is -0.901. The zero-order valence-electron chi connectivity index (χ0n) is 36.1. The first-order valence-corrected chi connectivity index (χ1v) is 23.0. The lowest BCUT2D eigenvalue weighted by Crippen LogP contribution is -2.54. The Bertz CT molecular complexity index is 2520. The first-order valence-electron chi connectivity index (χ1n) is 21.1. The molecule has 4 aromatic rings. The summed E-state index contributed by atoms with van der Waals surface area (Å²) in [5.41, 5.74) is 4.61. The standard InChI is InChI=1S/C45H53ClN8O8S/c1-27(2)63(59,60)38-14-7-6-13-34(38)48-41-33(46)24-47-45(51-41)49-35-22-28(3)30(23-37(35)61-5)17-19-52(4)25-31-26-53(20-21-62-31)18-9-11-29-10-8-12-32-40(29)44(58)54(43(32)57)36-15-16-39(55)50-42(36)56/h6-8,10,12-14,22-24,27,31,36H,9,11,15-21,25-26H2,1-5H3,(H,50,55,56)(H2,47,48,49,51)/t31-,36?/m1/s1. The number of aryl methyl sites for hydroxylation is 2. The van der Waals surface area contributed by atoms with Gasteiger partial charge in [-0.25, -0.2) is 13.4 Å². The molecule has 0 saturated carbocycles. The third kappa shape index (κ3) is 10.2. The summed E-state index contributed by atoms with van der Waals surface area (Å²) < 4.78 is 38.0. The van der Waals surface area contributed by atoms with Crippen molar-refractivity contribution in [3.8, 4) is 5.75 Å². The van der Waals surface area contributed by atoms with E-state index in [1.165, 1.54) is 6.20 Å². The molecule has 2 atom stereocenters. The van der Waals surface area contributed by atoms with Gasteiger partial charge in [0.05, 0.1) is 58.7 Å². The summed E-state index contributed by atoms with van der Waals surface area (Å²) in [7, 11) is 0.102. The molecule has 3 aromatic carbocycles. The van der Waals surface area contributed by atoms with Gasteiger partial charge in [-0.2, -0.15) is 4.98 Å². The molecule has 18 heteroatoms. The van der Waals surface area contributed by atoms with Gasteiger partial charge in [0.1, 0.15) is 16.8 Å². The number of anilines is 4. The maximum Gasteiger partial charge on any atom is 0.262 e. The molecule has 334 valence electrons. The number of nitrogens with zero attached hydrogens (tertiary/aromatic N) is 5. The van der Waals surface area contributed by atoms with Crippen LogP contribution in [0.1, 0.15) is 70.5 Å². The number of benzene rings is 3. The number of carbonyl (C=O) groups is 4. The van der Waals surface area contributed by atoms with Crippen LogP contribution >= 0.6 is 11.6 Å². The number of rotatable bonds is 17. The van der Waals surface area contributed by atoms with Gasteiger partial charge in [-0.05, 0) is 107 Å². The maximum atomic E-state index is 13.5. The second kappa shape index (κ2) is 19.5. The summed E-state index contributed by atoms with van der Waals surface area (Å²) in [4.78, 5) is 65.7. The highest BCUT2D eigenvalue weighted by molar-refractivity contribution is 7.92. The molecule has 2 fully saturated rings. The number of hydrogen-bond acceptors (Lipinski definition) is 14. The van der Waals surface area contributed by atoms with Crippen LogP contribution in [0.15, 0.2) is 65.7 Å². The SMILES string of the molecule is COc1cc(CCN(C)C[C@@H]2CN(CCCc3cccc4c3C(=O)N(C3CCC(=O)NC3=O)C4=O)CCO2)c(C)cc1Nc1ncc(Cl)c(Nc2ccccc2S(=O)(=O)C(C)C)n1. The largest absolute Gasteiger partial charge is 0.495 e. The van der Waals surface area contributed by atoms with E-state index < -0.39 is 44.8 Å². The molecule has 2 saturated heterocycles. The van der Waals surface area contributed by atoms with Crippen LogP contribution in [-0.4, -0.2) is 128 Å². The van der Waals surface area contributed by atoms with Crippen molar-refractivity contribution in [2.24, 2.45) is 0 Å². The summed E-state index contributed by atoms with van der Waals surface area (Å²) in [6.07, 6.45) is 3.79. The molecular formula is C45H53ClN8O8S. The number of nitrogens with one attached hydrogen (secondary N) is 3. The number of likely N-dealkylation sites (N-methyl/N-ethyl adjacent to an activating group) is 1. The predicted octanol–water partition coefficient (Wildman–Crippen LogP) is 5.33. The fourth-order valence-electron chi connectivity index (χ4n) is 8.23. The normalized spacial score (nSPS) is 18.3. The molecule has 7 rings (SSSR count). The molecule has 3 N–H and O–H groups in total. The third-order valence-electron chi connectivity index (χ3n) is 11.7. The summed E-state index contributed by atoms with van der Waals surface area (Å²) in [6.45, 7) is 9.79. The Balaban J connectivity index is 0.911. The van der Waals surface area contributed by atoms with E-state index >= 15 is 0 Å². The second-order valence-electron chi connectivity index (χ2n) is 16.4. The van der Waals surface area contributed by atoms with Crippen LogP contribution in [0.4, 0.5) is 23.1 Å². The molecular weight excluding hydrogens is 848 g/mol. The zero-order chi connectivity index (χ0) is 45.0. The van der Waals surface area contributed by atoms with Gasteiger partial charge >= 0.3 is 0 Å². The summed E-state index contributed by atoms with van der Waals surface area (Å²) >= 11 is 6.47. The first kappa shape index (κ1) is 45.6. The zero-order valence-corrected chi connectivity index (χ0v) is 37.6. The van der Waals surface area contributed by atoms with Crippen molar-refractivity contribution in [2.45, 2.75) is 75.2 Å². The van der Waals surface area contributed by atoms with Crippen molar-refractivity contribution in [3.63, 3.8) is 0 Å². The minimum absolute atomic E-state index is 0.0139. The van der Waals surface area contributed by atoms with Gasteiger partial charge in [0.2, 0.25) is 17.8 Å². The van der Waals surface area contributed by atoms with E-state index in [-0.39, 0.29) is 40.6 Å². The van der Waals surface area contributed by atoms with Gasteiger partial charge in [0.15, 0.2) is 15.7 Å². The summed E-state index contributed by atoms with van der Waals surface area (Å²) in [6, 6.07) is 14.9. The lowest BCUT2D eigenvalue weighted by molar-refractivity contribution is -0.136. The predicted molar refractivity (Wildman–Crippen MR) is 239 cm³/mol. The highest BCUT2D eigenvalue weighted by atomic mass is 35.5. The lowest BCUT2D eigenvalue weighted by atomic mass is 9.99. The highest BCUT2D eigenvalue weighted by Gasteiger charge is 2.45. The average Bonchev–Trinajstić information content (AvgIpc) is 3.50. The van der Waals surface area contributed by atoms with Gasteiger partial charge in [-0.15, -0.1) is 0 Å². The summed E-state index contributed by atoms with van der Waals surface area (Å²) in [5, 5.41) is 8.18. The van der Waals surface area contributed by atoms with Crippen LogP contribution < -0.4 is 20.7 Å². The van der Waals surface area contributed by atoms with Crippen LogP contribution in [0.3, 0.4) is 0 Å². The second-order valence-corrected chi connectivity index (χ2v) is 19.3. The number of piperidine rings is 1. The molecule has 16 nitrogen and oxygen atoms in total. The minimum atomic E-state index is -3.58. The van der Waals surface area contributed by atoms with Crippen LogP contribution in [0.25, 0.3) is 0 Å². The average molecular weight is 901 g/mol. The number of methoxy groups -OCH3 is 1. The van der Waals surface area contributed by atoms with Crippen molar-refractivity contribution in [1.82, 2.24) is 30.0 Å². The smallest absolute Gasteiger partial charge is 0.262 e. The molecule has 0 radical (unpaired) electrons. The van der Waals surface area contributed by atoms with Gasteiger partial charge in [0, 0.05) is 32.6 Å². The minimum Gasteiger partial charge on any atom is -0.495 e. The molecule has 3 aliphatic heterocycles. The van der Waals surface area contributed by atoms with Crippen molar-refractivity contribution in [1.29, 1.82) is 0 Å². The molecule has 3 aliphatic rings. The van der Waals surface area contributed by atoms with Crippen LogP contribution in [0.5, 0.6) is 5.75 Å². The van der Waals surface area contributed by atoms with Gasteiger partial charge in [0.25, 0.3) is 11.8 Å². The topological polar surface area (TPSA) is 192 Å². The van der Waals surface area contributed by atoms with E-state index in [0.717, 1.165) is 67.2 Å². The fraction of sp³-hybridized carbons (Fsp3) is 0.422. The Morgan fingerprint density at radius 2 is 1.81 bits per heavy atom. The Hall–Kier alpha value is -5.46. The van der Waals surface area contributed by atoms with E-state index in [1.54, 1.807) is 57.4 Å². The Labute approximate surface area is 372 Å². The Morgan fingerprint density at radius 1 is 1.02 bits per heavy atom. The number of carbonyl (C=O) groups excluding carboxylic acids is 4. The Kier molecular flexibility index (Phi) is 14.1. The quantitative estimate of drug-likeness (QED) is 0.115. The number of ether oxygens (including phenoxy) is 2. The fourth-order valence-corrected chi connectivity index (χ4v) is 9.57. The number of sulfone groups is 1. The Morgan fingerprint density at radius 3 is 2.57 bits per heavy atom. The number of fused-ring (bicyclic) bond motifs is 1. The molecule has 4 heterocycles. The molecule has 0 bridgehead atoms. The maximum absolute atomic E-state index is 13.5. The van der Waals surface area contributed by atoms with Gasteiger partial charge in [-0.3, -0.25) is 34.3 Å². The number of hydrogen-bond donors (Lipinski definition) is 3. The number of aromatic nitrogens is 2. The highest BCUT2D eigenvalue weighted by Crippen LogP contribution is 2.34. The molecule has 0 spiro atoms. The van der Waals surface area contributed by atoms with Crippen LogP contribution in [0, 0.1) is 6.92 Å². The van der Waals surface area contributed by atoms with Crippen LogP contribution in [-0.2, 0) is 37.0 Å². The number of imide groups is 2. The van der Waals surface area contributed by atoms with Gasteiger partial charge < -0.3 is 25.0 Å². The third-order valence-corrected chi connectivity index (χ3v) is 14.2. The van der Waals surface area contributed by atoms with E-state index in [0.29, 0.717) is 41.3 Å². The number of halogens is 1. The van der Waals surface area contributed by atoms with Crippen LogP contribution in [0.2, 0.25) is 5.02 Å². The molecule has 4 amide bonds. The van der Waals surface area contributed by atoms with Crippen molar-refractivity contribution < 1.29 is 37.1 Å². The van der Waals surface area contributed by atoms with Crippen molar-refractivity contribution in [3.05, 3.63) is 93.6 Å². The molecule has 63 heavy (non-hydrogen) atoms. The van der Waals surface area contributed by atoms with E-state index in [1.807, 2.05) is 25.1 Å². The monoisotopic (exact) mass is 900 g/mol. The van der Waals surface area contributed by atoms with E-state index in [9.17, 15) is 27.6 Å².